The van der Waals surface area contributed by atoms with Gasteiger partial charge in [-0.25, -0.2) is 4.79 Å². The molecule has 0 aliphatic heterocycles. The molecule has 0 spiro atoms. The van der Waals surface area contributed by atoms with Crippen molar-refractivity contribution in [2.24, 2.45) is 0 Å². The molecule has 0 unspecified atom stereocenters. The maximum Gasteiger partial charge on any atom is 0.335 e. The van der Waals surface area contributed by atoms with E-state index in [-0.39, 0.29) is 6.10 Å². The molecular formula is C14H18O3. The first kappa shape index (κ1) is 12.0. The van der Waals surface area contributed by atoms with Crippen LogP contribution in [0.25, 0.3) is 0 Å². The van der Waals surface area contributed by atoms with E-state index in [1.807, 2.05) is 13.8 Å². The van der Waals surface area contributed by atoms with Gasteiger partial charge in [-0.3, -0.25) is 0 Å². The Balaban J connectivity index is 2.46. The predicted octanol–water partition coefficient (Wildman–Crippen LogP) is 3.05. The van der Waals surface area contributed by atoms with Crippen LogP contribution in [-0.2, 0) is 12.8 Å². The Bertz CT molecular complexity index is 435. The van der Waals surface area contributed by atoms with Gasteiger partial charge in [0.1, 0.15) is 5.75 Å². The Morgan fingerprint density at radius 1 is 1.29 bits per heavy atom. The summed E-state index contributed by atoms with van der Waals surface area (Å²) in [5, 5.41) is 9.09. The summed E-state index contributed by atoms with van der Waals surface area (Å²) >= 11 is 0. The molecule has 1 aliphatic carbocycles. The molecule has 0 amide bonds. The van der Waals surface area contributed by atoms with E-state index in [0.717, 1.165) is 37.0 Å². The number of fused-ring (bicyclic) bond motifs is 1. The van der Waals surface area contributed by atoms with Gasteiger partial charge in [-0.05, 0) is 62.8 Å². The zero-order valence-corrected chi connectivity index (χ0v) is 10.3. The van der Waals surface area contributed by atoms with Crippen LogP contribution < -0.4 is 4.74 Å². The first-order valence-electron chi connectivity index (χ1n) is 6.13. The molecule has 1 aromatic carbocycles. The van der Waals surface area contributed by atoms with E-state index in [1.165, 1.54) is 5.56 Å². The second-order valence-electron chi connectivity index (χ2n) is 4.79. The Morgan fingerprint density at radius 3 is 2.65 bits per heavy atom. The zero-order chi connectivity index (χ0) is 12.4. The molecule has 0 atom stereocenters. The fraction of sp³-hybridized carbons (Fsp3) is 0.500. The molecular weight excluding hydrogens is 216 g/mol. The summed E-state index contributed by atoms with van der Waals surface area (Å²) in [6, 6.07) is 3.45. The lowest BCUT2D eigenvalue weighted by Crippen LogP contribution is -2.13. The third-order valence-corrected chi connectivity index (χ3v) is 3.03. The average Bonchev–Trinajstić information content (AvgIpc) is 2.28. The van der Waals surface area contributed by atoms with Crippen molar-refractivity contribution in [2.75, 3.05) is 0 Å². The molecule has 3 nitrogen and oxygen atoms in total. The highest BCUT2D eigenvalue weighted by Gasteiger charge is 2.18. The van der Waals surface area contributed by atoms with Crippen LogP contribution in [0, 0.1) is 0 Å². The lowest BCUT2D eigenvalue weighted by molar-refractivity contribution is 0.0696. The van der Waals surface area contributed by atoms with Crippen molar-refractivity contribution in [3.8, 4) is 5.75 Å². The van der Waals surface area contributed by atoms with Gasteiger partial charge in [0.2, 0.25) is 0 Å². The van der Waals surface area contributed by atoms with E-state index in [2.05, 4.69) is 0 Å². The molecule has 2 rings (SSSR count). The van der Waals surface area contributed by atoms with Gasteiger partial charge in [0.05, 0.1) is 11.7 Å². The van der Waals surface area contributed by atoms with Crippen LogP contribution in [0.5, 0.6) is 5.75 Å². The Hall–Kier alpha value is -1.51. The number of carboxylic acids is 1. The number of aromatic carboxylic acids is 1. The standard InChI is InChI=1S/C14H18O3/c1-9(2)17-13-8-11(14(15)16)7-10-5-3-4-6-12(10)13/h7-9H,3-6H2,1-2H3,(H,15,16). The van der Waals surface area contributed by atoms with E-state index >= 15 is 0 Å². The molecule has 0 bridgehead atoms. The summed E-state index contributed by atoms with van der Waals surface area (Å²) < 4.78 is 5.74. The van der Waals surface area contributed by atoms with Crippen LogP contribution in [0.4, 0.5) is 0 Å². The summed E-state index contributed by atoms with van der Waals surface area (Å²) in [5.41, 5.74) is 2.68. The SMILES string of the molecule is CC(C)Oc1cc(C(=O)O)cc2c1CCCC2. The van der Waals surface area contributed by atoms with Crippen LogP contribution in [0.15, 0.2) is 12.1 Å². The fourth-order valence-corrected chi connectivity index (χ4v) is 2.31. The van der Waals surface area contributed by atoms with Crippen LogP contribution in [0.2, 0.25) is 0 Å². The lowest BCUT2D eigenvalue weighted by Gasteiger charge is -2.21. The van der Waals surface area contributed by atoms with Gasteiger partial charge in [0, 0.05) is 0 Å². The molecule has 1 aliphatic rings. The van der Waals surface area contributed by atoms with Crippen molar-refractivity contribution >= 4 is 5.97 Å². The highest BCUT2D eigenvalue weighted by molar-refractivity contribution is 5.88. The van der Waals surface area contributed by atoms with Gasteiger partial charge >= 0.3 is 5.97 Å². The molecule has 0 aromatic heterocycles. The van der Waals surface area contributed by atoms with Crippen molar-refractivity contribution in [1.29, 1.82) is 0 Å². The third-order valence-electron chi connectivity index (χ3n) is 3.03. The summed E-state index contributed by atoms with van der Waals surface area (Å²) in [6.45, 7) is 3.92. The van der Waals surface area contributed by atoms with E-state index in [0.29, 0.717) is 5.56 Å². The lowest BCUT2D eigenvalue weighted by atomic mass is 9.89. The summed E-state index contributed by atoms with van der Waals surface area (Å²) in [6.07, 6.45) is 4.33. The van der Waals surface area contributed by atoms with Gasteiger partial charge in [-0.2, -0.15) is 0 Å². The number of benzene rings is 1. The normalized spacial score (nSPS) is 14.5. The Kier molecular flexibility index (Phi) is 3.36. The maximum absolute atomic E-state index is 11.1. The van der Waals surface area contributed by atoms with E-state index in [1.54, 1.807) is 12.1 Å². The van der Waals surface area contributed by atoms with Crippen LogP contribution in [0.3, 0.4) is 0 Å². The fourth-order valence-electron chi connectivity index (χ4n) is 2.31. The third kappa shape index (κ3) is 2.60. The Morgan fingerprint density at radius 2 is 2.00 bits per heavy atom. The average molecular weight is 234 g/mol. The second-order valence-corrected chi connectivity index (χ2v) is 4.79. The number of carboxylic acid groups (broad SMARTS) is 1. The minimum Gasteiger partial charge on any atom is -0.491 e. The number of carbonyl (C=O) groups is 1. The van der Waals surface area contributed by atoms with Crippen molar-refractivity contribution in [3.05, 3.63) is 28.8 Å². The molecule has 1 N–H and O–H groups in total. The van der Waals surface area contributed by atoms with Crippen LogP contribution in [-0.4, -0.2) is 17.2 Å². The minimum absolute atomic E-state index is 0.0741. The van der Waals surface area contributed by atoms with Crippen LogP contribution in [0.1, 0.15) is 48.2 Å². The summed E-state index contributed by atoms with van der Waals surface area (Å²) in [7, 11) is 0. The quantitative estimate of drug-likeness (QED) is 0.874. The first-order valence-corrected chi connectivity index (χ1v) is 6.13. The van der Waals surface area contributed by atoms with Gasteiger partial charge in [-0.1, -0.05) is 0 Å². The number of ether oxygens (including phenoxy) is 1. The molecule has 0 saturated heterocycles. The Labute approximate surface area is 101 Å². The van der Waals surface area contributed by atoms with Gasteiger partial charge < -0.3 is 9.84 Å². The summed E-state index contributed by atoms with van der Waals surface area (Å²) in [4.78, 5) is 11.1. The monoisotopic (exact) mass is 234 g/mol. The van der Waals surface area contributed by atoms with Crippen molar-refractivity contribution in [2.45, 2.75) is 45.6 Å². The van der Waals surface area contributed by atoms with E-state index in [9.17, 15) is 4.79 Å². The van der Waals surface area contributed by atoms with Gasteiger partial charge in [0.25, 0.3) is 0 Å². The number of rotatable bonds is 3. The van der Waals surface area contributed by atoms with Gasteiger partial charge in [-0.15, -0.1) is 0 Å². The predicted molar refractivity (Wildman–Crippen MR) is 65.8 cm³/mol. The highest BCUT2D eigenvalue weighted by Crippen LogP contribution is 2.32. The highest BCUT2D eigenvalue weighted by atomic mass is 16.5. The summed E-state index contributed by atoms with van der Waals surface area (Å²) in [5.74, 6) is -0.124. The first-order chi connectivity index (χ1) is 8.08. The van der Waals surface area contributed by atoms with Crippen molar-refractivity contribution in [1.82, 2.24) is 0 Å². The number of hydrogen-bond acceptors (Lipinski definition) is 2. The zero-order valence-electron chi connectivity index (χ0n) is 10.3. The molecule has 3 heteroatoms. The van der Waals surface area contributed by atoms with Crippen molar-refractivity contribution in [3.63, 3.8) is 0 Å². The largest absolute Gasteiger partial charge is 0.491 e. The molecule has 0 radical (unpaired) electrons. The topological polar surface area (TPSA) is 46.5 Å². The number of aryl methyl sites for hydroxylation is 1. The smallest absolute Gasteiger partial charge is 0.335 e. The van der Waals surface area contributed by atoms with E-state index in [4.69, 9.17) is 9.84 Å². The molecule has 1 aromatic rings. The molecule has 92 valence electrons. The molecule has 17 heavy (non-hydrogen) atoms. The molecule has 0 heterocycles. The molecule has 0 fully saturated rings. The molecule has 0 saturated carbocycles. The van der Waals surface area contributed by atoms with E-state index < -0.39 is 5.97 Å². The van der Waals surface area contributed by atoms with Crippen molar-refractivity contribution < 1.29 is 14.6 Å². The minimum atomic E-state index is -0.882. The number of hydrogen-bond donors (Lipinski definition) is 1. The second kappa shape index (κ2) is 4.78. The van der Waals surface area contributed by atoms with Gasteiger partial charge in [0.15, 0.2) is 0 Å². The van der Waals surface area contributed by atoms with Crippen LogP contribution >= 0.6 is 0 Å². The maximum atomic E-state index is 11.1.